The zero-order valence-corrected chi connectivity index (χ0v) is 15.0. The average Bonchev–Trinajstić information content (AvgIpc) is 3.24. The van der Waals surface area contributed by atoms with Crippen LogP contribution in [0.3, 0.4) is 0 Å². The van der Waals surface area contributed by atoms with Gasteiger partial charge < -0.3 is 9.42 Å². The van der Waals surface area contributed by atoms with E-state index < -0.39 is 0 Å². The second-order valence-corrected chi connectivity index (χ2v) is 6.99. The fourth-order valence-corrected chi connectivity index (χ4v) is 3.31. The van der Waals surface area contributed by atoms with Crippen LogP contribution in [0.15, 0.2) is 53.1 Å². The van der Waals surface area contributed by atoms with Crippen LogP contribution >= 0.6 is 0 Å². The van der Waals surface area contributed by atoms with E-state index in [-0.39, 0.29) is 11.8 Å². The molecule has 132 valence electrons. The molecule has 1 saturated heterocycles. The Kier molecular flexibility index (Phi) is 4.29. The Morgan fingerprint density at radius 2 is 1.92 bits per heavy atom. The van der Waals surface area contributed by atoms with E-state index >= 15 is 0 Å². The van der Waals surface area contributed by atoms with Crippen LogP contribution in [0, 0.1) is 13.8 Å². The number of aromatic nitrogens is 2. The number of carbonyl (C=O) groups is 1. The molecule has 0 bridgehead atoms. The number of rotatable bonds is 4. The van der Waals surface area contributed by atoms with Crippen molar-refractivity contribution in [2.45, 2.75) is 32.7 Å². The first kappa shape index (κ1) is 16.5. The minimum absolute atomic E-state index is 0.0183. The number of benzene rings is 2. The highest BCUT2D eigenvalue weighted by Gasteiger charge is 2.33. The third kappa shape index (κ3) is 3.38. The minimum atomic E-state index is -0.0183. The van der Waals surface area contributed by atoms with Crippen molar-refractivity contribution < 1.29 is 9.32 Å². The third-order valence-electron chi connectivity index (χ3n) is 4.78. The number of aryl methyl sites for hydroxylation is 2. The van der Waals surface area contributed by atoms with E-state index in [0.29, 0.717) is 31.2 Å². The number of likely N-dealkylation sites (tertiary alicyclic amines) is 1. The van der Waals surface area contributed by atoms with Crippen LogP contribution < -0.4 is 0 Å². The Hall–Kier alpha value is -2.95. The van der Waals surface area contributed by atoms with Gasteiger partial charge >= 0.3 is 0 Å². The van der Waals surface area contributed by atoms with Gasteiger partial charge in [-0.2, -0.15) is 4.98 Å². The molecular formula is C21H21N3O2. The molecule has 1 unspecified atom stereocenters. The lowest BCUT2D eigenvalue weighted by Gasteiger charge is -2.16. The highest BCUT2D eigenvalue weighted by molar-refractivity contribution is 5.79. The van der Waals surface area contributed by atoms with E-state index in [2.05, 4.69) is 41.3 Å². The molecule has 0 N–H and O–H groups in total. The number of hydrogen-bond donors (Lipinski definition) is 0. The fourth-order valence-electron chi connectivity index (χ4n) is 3.31. The average molecular weight is 347 g/mol. The van der Waals surface area contributed by atoms with Crippen LogP contribution in [0.4, 0.5) is 0 Å². The van der Waals surface area contributed by atoms with Crippen molar-refractivity contribution in [1.29, 1.82) is 0 Å². The number of amides is 1. The zero-order valence-electron chi connectivity index (χ0n) is 15.0. The maximum Gasteiger partial charge on any atom is 0.257 e. The van der Waals surface area contributed by atoms with Crippen molar-refractivity contribution in [3.8, 4) is 11.5 Å². The van der Waals surface area contributed by atoms with E-state index in [4.69, 9.17) is 4.52 Å². The summed E-state index contributed by atoms with van der Waals surface area (Å²) < 4.78 is 5.43. The Balaban J connectivity index is 1.48. The molecule has 0 aliphatic carbocycles. The van der Waals surface area contributed by atoms with E-state index in [0.717, 1.165) is 16.7 Å². The van der Waals surface area contributed by atoms with Gasteiger partial charge in [-0.1, -0.05) is 52.7 Å². The highest BCUT2D eigenvalue weighted by atomic mass is 16.5. The highest BCUT2D eigenvalue weighted by Crippen LogP contribution is 2.29. The zero-order chi connectivity index (χ0) is 18.1. The summed E-state index contributed by atoms with van der Waals surface area (Å²) in [5.41, 5.74) is 4.40. The molecule has 2 heterocycles. The van der Waals surface area contributed by atoms with Gasteiger partial charge in [0.05, 0.1) is 0 Å². The topological polar surface area (TPSA) is 59.2 Å². The van der Waals surface area contributed by atoms with Gasteiger partial charge in [-0.15, -0.1) is 0 Å². The Labute approximate surface area is 152 Å². The Bertz CT molecular complexity index is 930. The molecule has 1 aromatic heterocycles. The lowest BCUT2D eigenvalue weighted by molar-refractivity contribution is -0.128. The van der Waals surface area contributed by atoms with Crippen molar-refractivity contribution >= 4 is 5.91 Å². The maximum atomic E-state index is 12.4. The maximum absolute atomic E-state index is 12.4. The second-order valence-electron chi connectivity index (χ2n) is 6.99. The predicted molar refractivity (Wildman–Crippen MR) is 98.4 cm³/mol. The van der Waals surface area contributed by atoms with Gasteiger partial charge in [-0.25, -0.2) is 0 Å². The van der Waals surface area contributed by atoms with Gasteiger partial charge in [0.1, 0.15) is 0 Å². The summed E-state index contributed by atoms with van der Waals surface area (Å²) >= 11 is 0. The summed E-state index contributed by atoms with van der Waals surface area (Å²) in [7, 11) is 0. The first-order valence-electron chi connectivity index (χ1n) is 8.82. The normalized spacial score (nSPS) is 17.1. The molecule has 1 fully saturated rings. The molecule has 0 saturated carbocycles. The molecule has 5 nitrogen and oxygen atoms in total. The van der Waals surface area contributed by atoms with Crippen molar-refractivity contribution in [3.63, 3.8) is 0 Å². The van der Waals surface area contributed by atoms with Crippen molar-refractivity contribution in [3.05, 3.63) is 71.0 Å². The number of hydrogen-bond acceptors (Lipinski definition) is 4. The van der Waals surface area contributed by atoms with Gasteiger partial charge in [0.15, 0.2) is 5.82 Å². The molecule has 1 aliphatic heterocycles. The summed E-state index contributed by atoms with van der Waals surface area (Å²) in [4.78, 5) is 18.8. The summed E-state index contributed by atoms with van der Waals surface area (Å²) in [5.74, 6) is 1.24. The summed E-state index contributed by atoms with van der Waals surface area (Å²) in [6.45, 7) is 5.33. The lowest BCUT2D eigenvalue weighted by atomic mass is 10.1. The van der Waals surface area contributed by atoms with E-state index in [9.17, 15) is 4.79 Å². The van der Waals surface area contributed by atoms with Gasteiger partial charge in [-0.3, -0.25) is 4.79 Å². The SMILES string of the molecule is Cc1ccc(CN2CC(c3noc(-c4cccc(C)c4)n3)CC2=O)cc1. The summed E-state index contributed by atoms with van der Waals surface area (Å²) in [6.07, 6.45) is 0.429. The Morgan fingerprint density at radius 3 is 2.69 bits per heavy atom. The van der Waals surface area contributed by atoms with Crippen LogP contribution in [0.5, 0.6) is 0 Å². The van der Waals surface area contributed by atoms with E-state index in [1.165, 1.54) is 5.56 Å². The van der Waals surface area contributed by atoms with Crippen LogP contribution in [0.25, 0.3) is 11.5 Å². The smallest absolute Gasteiger partial charge is 0.257 e. The Morgan fingerprint density at radius 1 is 1.12 bits per heavy atom. The molecule has 0 radical (unpaired) electrons. The van der Waals surface area contributed by atoms with Crippen LogP contribution in [0.2, 0.25) is 0 Å². The van der Waals surface area contributed by atoms with Crippen molar-refractivity contribution in [2.24, 2.45) is 0 Å². The first-order valence-corrected chi connectivity index (χ1v) is 8.82. The largest absolute Gasteiger partial charge is 0.338 e. The van der Waals surface area contributed by atoms with Gasteiger partial charge in [0.2, 0.25) is 5.91 Å². The predicted octanol–water partition coefficient (Wildman–Crippen LogP) is 3.87. The molecule has 1 atom stereocenters. The third-order valence-corrected chi connectivity index (χ3v) is 4.78. The van der Waals surface area contributed by atoms with Crippen molar-refractivity contribution in [2.75, 3.05) is 6.54 Å². The molecule has 0 spiro atoms. The summed E-state index contributed by atoms with van der Waals surface area (Å²) in [5, 5.41) is 4.13. The summed E-state index contributed by atoms with van der Waals surface area (Å²) in [6, 6.07) is 16.2. The fraction of sp³-hybridized carbons (Fsp3) is 0.286. The standard InChI is InChI=1S/C21H21N3O2/c1-14-6-8-16(9-7-14)12-24-13-18(11-19(24)25)20-22-21(26-23-20)17-5-3-4-15(2)10-17/h3-10,18H,11-13H2,1-2H3. The quantitative estimate of drug-likeness (QED) is 0.719. The van der Waals surface area contributed by atoms with Gasteiger partial charge in [0, 0.05) is 31.0 Å². The van der Waals surface area contributed by atoms with Crippen LogP contribution in [0.1, 0.15) is 34.9 Å². The number of nitrogens with zero attached hydrogens (tertiary/aromatic N) is 3. The van der Waals surface area contributed by atoms with Crippen molar-refractivity contribution in [1.82, 2.24) is 15.0 Å². The monoisotopic (exact) mass is 347 g/mol. The molecule has 3 aromatic rings. The molecule has 1 amide bonds. The molecular weight excluding hydrogens is 326 g/mol. The minimum Gasteiger partial charge on any atom is -0.338 e. The van der Waals surface area contributed by atoms with E-state index in [1.54, 1.807) is 0 Å². The van der Waals surface area contributed by atoms with Gasteiger partial charge in [-0.05, 0) is 31.5 Å². The molecule has 1 aliphatic rings. The van der Waals surface area contributed by atoms with Crippen LogP contribution in [-0.2, 0) is 11.3 Å². The number of carbonyl (C=O) groups excluding carboxylic acids is 1. The van der Waals surface area contributed by atoms with Gasteiger partial charge in [0.25, 0.3) is 5.89 Å². The molecule has 2 aromatic carbocycles. The second kappa shape index (κ2) is 6.75. The molecule has 4 rings (SSSR count). The lowest BCUT2D eigenvalue weighted by Crippen LogP contribution is -2.24. The van der Waals surface area contributed by atoms with E-state index in [1.807, 2.05) is 36.1 Å². The molecule has 26 heavy (non-hydrogen) atoms. The first-order chi connectivity index (χ1) is 12.6. The van der Waals surface area contributed by atoms with Crippen LogP contribution in [-0.4, -0.2) is 27.5 Å². The molecule has 5 heteroatoms.